The van der Waals surface area contributed by atoms with Gasteiger partial charge in [-0.05, 0) is 43.2 Å². The average Bonchev–Trinajstić information content (AvgIpc) is 3.38. The highest BCUT2D eigenvalue weighted by Crippen LogP contribution is 2.47. The highest BCUT2D eigenvalue weighted by Gasteiger charge is 2.40. The normalized spacial score (nSPS) is 17.4. The Morgan fingerprint density at radius 1 is 1.00 bits per heavy atom. The second-order valence-electron chi connectivity index (χ2n) is 7.50. The Morgan fingerprint density at radius 3 is 2.55 bits per heavy atom. The van der Waals surface area contributed by atoms with Crippen molar-refractivity contribution in [3.05, 3.63) is 66.6 Å². The minimum absolute atomic E-state index is 0.408. The first kappa shape index (κ1) is 19.2. The Balaban J connectivity index is 1.29. The molecule has 0 aliphatic heterocycles. The minimum Gasteiger partial charge on any atom is -0.495 e. The maximum Gasteiger partial charge on any atom is 0.257 e. The van der Waals surface area contributed by atoms with Crippen LogP contribution in [0.4, 0.5) is 0 Å². The van der Waals surface area contributed by atoms with E-state index in [1.807, 2.05) is 43.3 Å². The van der Waals surface area contributed by atoms with Crippen LogP contribution in [-0.4, -0.2) is 38.8 Å². The van der Waals surface area contributed by atoms with E-state index < -0.39 is 0 Å². The van der Waals surface area contributed by atoms with Crippen LogP contribution in [-0.2, 0) is 0 Å². The fourth-order valence-electron chi connectivity index (χ4n) is 3.56. The lowest BCUT2D eigenvalue weighted by molar-refractivity contribution is 0.285. The third kappa shape index (κ3) is 4.09. The van der Waals surface area contributed by atoms with Crippen LogP contribution < -0.4 is 9.47 Å². The molecule has 3 aromatic heterocycles. The van der Waals surface area contributed by atoms with Crippen LogP contribution in [0.5, 0.6) is 11.6 Å². The summed E-state index contributed by atoms with van der Waals surface area (Å²) in [5.41, 5.74) is 3.74. The standard InChI is InChI=1S/C23H21N5O3/c1-14-24-11-20(15-3-5-16(6-4-15)22-26-13-27-31-22)23(28-14)30-12-17-9-19(17)21-8-7-18(29-2)10-25-21/h3-8,10-11,13,17,19H,9,12H2,1-2H3/t17-,19+/m1/s1. The van der Waals surface area contributed by atoms with Crippen molar-refractivity contribution in [3.8, 4) is 34.2 Å². The Morgan fingerprint density at radius 2 is 1.84 bits per heavy atom. The van der Waals surface area contributed by atoms with Crippen LogP contribution in [0.1, 0.15) is 23.9 Å². The Kier molecular flexibility index (Phi) is 5.03. The summed E-state index contributed by atoms with van der Waals surface area (Å²) >= 11 is 0. The van der Waals surface area contributed by atoms with E-state index in [9.17, 15) is 0 Å². The minimum atomic E-state index is 0.408. The largest absolute Gasteiger partial charge is 0.495 e. The lowest BCUT2D eigenvalue weighted by atomic mass is 10.1. The zero-order valence-corrected chi connectivity index (χ0v) is 17.2. The maximum atomic E-state index is 6.15. The van der Waals surface area contributed by atoms with Gasteiger partial charge < -0.3 is 14.0 Å². The van der Waals surface area contributed by atoms with Gasteiger partial charge in [-0.1, -0.05) is 17.3 Å². The molecule has 0 bridgehead atoms. The monoisotopic (exact) mass is 415 g/mol. The molecular formula is C23H21N5O3. The van der Waals surface area contributed by atoms with Crippen molar-refractivity contribution in [3.63, 3.8) is 0 Å². The molecule has 1 aromatic carbocycles. The number of rotatable bonds is 7. The van der Waals surface area contributed by atoms with Crippen molar-refractivity contribution in [2.24, 2.45) is 5.92 Å². The molecule has 0 radical (unpaired) electrons. The fraction of sp³-hybridized carbons (Fsp3) is 0.261. The summed E-state index contributed by atoms with van der Waals surface area (Å²) in [5.74, 6) is 3.34. The number of nitrogens with zero attached hydrogens (tertiary/aromatic N) is 5. The number of aromatic nitrogens is 5. The third-order valence-corrected chi connectivity index (χ3v) is 5.41. The van der Waals surface area contributed by atoms with E-state index in [2.05, 4.69) is 25.1 Å². The van der Waals surface area contributed by atoms with Gasteiger partial charge in [-0.15, -0.1) is 0 Å². The summed E-state index contributed by atoms with van der Waals surface area (Å²) in [6, 6.07) is 11.8. The zero-order chi connectivity index (χ0) is 21.2. The first-order valence-electron chi connectivity index (χ1n) is 10.0. The van der Waals surface area contributed by atoms with Crippen LogP contribution in [0, 0.1) is 12.8 Å². The summed E-state index contributed by atoms with van der Waals surface area (Å²) in [4.78, 5) is 17.5. The van der Waals surface area contributed by atoms with Crippen molar-refractivity contribution in [2.45, 2.75) is 19.3 Å². The van der Waals surface area contributed by atoms with E-state index in [-0.39, 0.29) is 0 Å². The maximum absolute atomic E-state index is 6.15. The van der Waals surface area contributed by atoms with Gasteiger partial charge in [-0.25, -0.2) is 4.98 Å². The van der Waals surface area contributed by atoms with E-state index in [0.717, 1.165) is 34.6 Å². The van der Waals surface area contributed by atoms with E-state index in [1.165, 1.54) is 6.33 Å². The Labute approximate surface area is 179 Å². The van der Waals surface area contributed by atoms with E-state index in [0.29, 0.717) is 36.0 Å². The number of hydrogen-bond donors (Lipinski definition) is 0. The molecule has 156 valence electrons. The van der Waals surface area contributed by atoms with Gasteiger partial charge in [0, 0.05) is 29.3 Å². The summed E-state index contributed by atoms with van der Waals surface area (Å²) in [6.07, 6.45) is 6.00. The van der Waals surface area contributed by atoms with Crippen molar-refractivity contribution in [1.29, 1.82) is 0 Å². The quantitative estimate of drug-likeness (QED) is 0.445. The zero-order valence-electron chi connectivity index (χ0n) is 17.2. The molecule has 0 spiro atoms. The summed E-state index contributed by atoms with van der Waals surface area (Å²) in [5, 5.41) is 3.65. The summed E-state index contributed by atoms with van der Waals surface area (Å²) in [6.45, 7) is 2.44. The molecule has 0 saturated heterocycles. The predicted molar refractivity (Wildman–Crippen MR) is 113 cm³/mol. The second kappa shape index (κ2) is 8.14. The summed E-state index contributed by atoms with van der Waals surface area (Å²) < 4.78 is 16.4. The van der Waals surface area contributed by atoms with Gasteiger partial charge in [0.2, 0.25) is 5.88 Å². The number of pyridine rings is 1. The van der Waals surface area contributed by atoms with Gasteiger partial charge >= 0.3 is 0 Å². The van der Waals surface area contributed by atoms with Gasteiger partial charge in [-0.3, -0.25) is 4.98 Å². The van der Waals surface area contributed by atoms with Crippen molar-refractivity contribution in [2.75, 3.05) is 13.7 Å². The van der Waals surface area contributed by atoms with Crippen molar-refractivity contribution < 1.29 is 14.0 Å². The fourth-order valence-corrected chi connectivity index (χ4v) is 3.56. The molecule has 8 nitrogen and oxygen atoms in total. The molecule has 0 amide bonds. The molecule has 3 heterocycles. The molecule has 31 heavy (non-hydrogen) atoms. The molecule has 0 unspecified atom stereocenters. The molecule has 2 atom stereocenters. The van der Waals surface area contributed by atoms with Crippen LogP contribution >= 0.6 is 0 Å². The van der Waals surface area contributed by atoms with Crippen LogP contribution in [0.2, 0.25) is 0 Å². The highest BCUT2D eigenvalue weighted by atomic mass is 16.5. The topological polar surface area (TPSA) is 96.1 Å². The number of benzene rings is 1. The number of aryl methyl sites for hydroxylation is 1. The average molecular weight is 415 g/mol. The highest BCUT2D eigenvalue weighted by molar-refractivity contribution is 5.70. The van der Waals surface area contributed by atoms with Crippen molar-refractivity contribution in [1.82, 2.24) is 25.1 Å². The van der Waals surface area contributed by atoms with Gasteiger partial charge in [0.15, 0.2) is 6.33 Å². The predicted octanol–water partition coefficient (Wildman–Crippen LogP) is 4.09. The third-order valence-electron chi connectivity index (χ3n) is 5.41. The molecule has 4 aromatic rings. The Hall–Kier alpha value is -3.81. The molecule has 1 fully saturated rings. The first-order valence-corrected chi connectivity index (χ1v) is 10.0. The van der Waals surface area contributed by atoms with Gasteiger partial charge in [0.05, 0.1) is 25.5 Å². The van der Waals surface area contributed by atoms with Gasteiger partial charge in [0.25, 0.3) is 5.89 Å². The number of hydrogen-bond acceptors (Lipinski definition) is 8. The number of methoxy groups -OCH3 is 1. The molecular weight excluding hydrogens is 394 g/mol. The Bertz CT molecular complexity index is 1160. The van der Waals surface area contributed by atoms with Gasteiger partial charge in [0.1, 0.15) is 11.6 Å². The molecule has 8 heteroatoms. The number of ether oxygens (including phenoxy) is 2. The molecule has 1 aliphatic rings. The van der Waals surface area contributed by atoms with Gasteiger partial charge in [-0.2, -0.15) is 9.97 Å². The SMILES string of the molecule is COc1ccc([C@H]2C[C@@H]2COc2nc(C)ncc2-c2ccc(-c3ncno3)cc2)nc1. The molecule has 1 aliphatic carbocycles. The molecule has 5 rings (SSSR count). The van der Waals surface area contributed by atoms with E-state index in [4.69, 9.17) is 14.0 Å². The first-order chi connectivity index (χ1) is 15.2. The molecule has 1 saturated carbocycles. The van der Waals surface area contributed by atoms with Crippen molar-refractivity contribution >= 4 is 0 Å². The van der Waals surface area contributed by atoms with Crippen LogP contribution in [0.25, 0.3) is 22.6 Å². The lowest BCUT2D eigenvalue weighted by Gasteiger charge is -2.11. The second-order valence-corrected chi connectivity index (χ2v) is 7.50. The van der Waals surface area contributed by atoms with Crippen LogP contribution in [0.3, 0.4) is 0 Å². The molecule has 0 N–H and O–H groups in total. The van der Waals surface area contributed by atoms with Crippen LogP contribution in [0.15, 0.2) is 59.6 Å². The van der Waals surface area contributed by atoms with E-state index in [1.54, 1.807) is 19.5 Å². The smallest absolute Gasteiger partial charge is 0.257 e. The van der Waals surface area contributed by atoms with E-state index >= 15 is 0 Å². The lowest BCUT2D eigenvalue weighted by Crippen LogP contribution is -2.05. The summed E-state index contributed by atoms with van der Waals surface area (Å²) in [7, 11) is 1.64.